The Morgan fingerprint density at radius 3 is 2.52 bits per heavy atom. The molecular formula is C14H13BrClN5. The van der Waals surface area contributed by atoms with Crippen molar-refractivity contribution in [3.05, 3.63) is 44.8 Å². The first kappa shape index (κ1) is 14.3. The molecule has 1 aromatic carbocycles. The second-order valence-corrected chi connectivity index (χ2v) is 6.05. The summed E-state index contributed by atoms with van der Waals surface area (Å²) in [6, 6.07) is 4.13. The molecule has 0 radical (unpaired) electrons. The summed E-state index contributed by atoms with van der Waals surface area (Å²) in [5.41, 5.74) is 4.11. The first-order valence-corrected chi connectivity index (χ1v) is 7.54. The number of nitrogens with zero attached hydrogens (tertiary/aromatic N) is 4. The number of rotatable bonds is 2. The van der Waals surface area contributed by atoms with E-state index >= 15 is 0 Å². The van der Waals surface area contributed by atoms with E-state index in [0.717, 1.165) is 32.7 Å². The fraction of sp³-hybridized carbons (Fsp3) is 0.214. The van der Waals surface area contributed by atoms with Gasteiger partial charge < -0.3 is 5.32 Å². The molecule has 1 N–H and O–H groups in total. The molecule has 0 unspecified atom stereocenters. The smallest absolute Gasteiger partial charge is 0.255 e. The minimum absolute atomic E-state index is 0.420. The molecule has 0 atom stereocenters. The van der Waals surface area contributed by atoms with Gasteiger partial charge in [-0.25, -0.2) is 0 Å². The van der Waals surface area contributed by atoms with Crippen molar-refractivity contribution in [1.29, 1.82) is 0 Å². The van der Waals surface area contributed by atoms with Gasteiger partial charge in [-0.05, 0) is 44.0 Å². The fourth-order valence-electron chi connectivity index (χ4n) is 2.20. The summed E-state index contributed by atoms with van der Waals surface area (Å²) in [6.45, 7) is 6.01. The summed E-state index contributed by atoms with van der Waals surface area (Å²) >= 11 is 9.74. The Hall–Kier alpha value is -1.66. The van der Waals surface area contributed by atoms with E-state index in [-0.39, 0.29) is 0 Å². The highest BCUT2D eigenvalue weighted by Crippen LogP contribution is 2.29. The highest BCUT2D eigenvalue weighted by Gasteiger charge is 2.13. The number of fused-ring (bicyclic) bond motifs is 1. The van der Waals surface area contributed by atoms with Gasteiger partial charge in [0.15, 0.2) is 0 Å². The molecule has 0 aliphatic carbocycles. The van der Waals surface area contributed by atoms with Crippen molar-refractivity contribution < 1.29 is 0 Å². The van der Waals surface area contributed by atoms with Crippen LogP contribution in [-0.4, -0.2) is 19.6 Å². The summed E-state index contributed by atoms with van der Waals surface area (Å²) in [6.07, 6.45) is 1.46. The molecule has 0 saturated carbocycles. The molecule has 108 valence electrons. The second kappa shape index (κ2) is 5.27. The maximum Gasteiger partial charge on any atom is 0.255 e. The Morgan fingerprint density at radius 1 is 1.19 bits per heavy atom. The van der Waals surface area contributed by atoms with Gasteiger partial charge in [-0.2, -0.15) is 19.6 Å². The van der Waals surface area contributed by atoms with Crippen LogP contribution in [0, 0.1) is 20.8 Å². The molecule has 5 nitrogen and oxygen atoms in total. The van der Waals surface area contributed by atoms with Crippen LogP contribution in [0.3, 0.4) is 0 Å². The highest BCUT2D eigenvalue weighted by molar-refractivity contribution is 9.10. The molecule has 2 heterocycles. The monoisotopic (exact) mass is 365 g/mol. The van der Waals surface area contributed by atoms with E-state index in [1.165, 1.54) is 6.33 Å². The number of hydrogen-bond acceptors (Lipinski definition) is 4. The van der Waals surface area contributed by atoms with Crippen molar-refractivity contribution in [3.8, 4) is 0 Å². The highest BCUT2D eigenvalue weighted by atomic mass is 79.9. The first-order valence-electron chi connectivity index (χ1n) is 6.37. The van der Waals surface area contributed by atoms with Crippen LogP contribution in [0.15, 0.2) is 22.9 Å². The zero-order chi connectivity index (χ0) is 15.1. The van der Waals surface area contributed by atoms with E-state index < -0.39 is 0 Å². The zero-order valence-electron chi connectivity index (χ0n) is 11.8. The van der Waals surface area contributed by atoms with Gasteiger partial charge in [0.05, 0.1) is 0 Å². The number of aromatic nitrogens is 4. The van der Waals surface area contributed by atoms with Gasteiger partial charge in [-0.3, -0.25) is 0 Å². The lowest BCUT2D eigenvalue weighted by Crippen LogP contribution is -2.05. The number of anilines is 2. The van der Waals surface area contributed by atoms with Crippen molar-refractivity contribution in [2.75, 3.05) is 5.32 Å². The summed E-state index contributed by atoms with van der Waals surface area (Å²) in [4.78, 5) is 8.27. The van der Waals surface area contributed by atoms with E-state index in [4.69, 9.17) is 11.6 Å². The van der Waals surface area contributed by atoms with Crippen LogP contribution in [-0.2, 0) is 0 Å². The first-order chi connectivity index (χ1) is 9.97. The predicted octanol–water partition coefficient (Wildman–Crippen LogP) is 4.21. The lowest BCUT2D eigenvalue weighted by atomic mass is 10.1. The van der Waals surface area contributed by atoms with Gasteiger partial charge >= 0.3 is 0 Å². The van der Waals surface area contributed by atoms with E-state index in [0.29, 0.717) is 10.9 Å². The average Bonchev–Trinajstić information content (AvgIpc) is 2.89. The van der Waals surface area contributed by atoms with Crippen molar-refractivity contribution in [3.63, 3.8) is 0 Å². The summed E-state index contributed by atoms with van der Waals surface area (Å²) < 4.78 is 2.76. The van der Waals surface area contributed by atoms with Gasteiger partial charge in [0.25, 0.3) is 5.78 Å². The minimum atomic E-state index is 0.420. The average molecular weight is 367 g/mol. The largest absolute Gasteiger partial charge is 0.340 e. The molecule has 0 amide bonds. The third-order valence-electron chi connectivity index (χ3n) is 3.30. The standard InChI is InChI=1S/C14H13BrClN5/c1-7-4-10(5-8(2)11(7)15)19-13-9(3)12(16)20-14-17-6-18-21(13)14/h4-6,19H,1-3H3. The lowest BCUT2D eigenvalue weighted by Gasteiger charge is -2.14. The molecule has 0 aliphatic heterocycles. The van der Waals surface area contributed by atoms with Crippen molar-refractivity contribution in [1.82, 2.24) is 19.6 Å². The molecule has 0 aliphatic rings. The van der Waals surface area contributed by atoms with Crippen LogP contribution in [0.5, 0.6) is 0 Å². The van der Waals surface area contributed by atoms with Gasteiger partial charge in [0.2, 0.25) is 0 Å². The number of nitrogens with one attached hydrogen (secondary N) is 1. The quantitative estimate of drug-likeness (QED) is 0.690. The lowest BCUT2D eigenvalue weighted by molar-refractivity contribution is 0.936. The molecule has 21 heavy (non-hydrogen) atoms. The summed E-state index contributed by atoms with van der Waals surface area (Å²) in [5, 5.41) is 7.98. The Kier molecular flexibility index (Phi) is 3.59. The van der Waals surface area contributed by atoms with Gasteiger partial charge in [-0.1, -0.05) is 27.5 Å². The molecule has 3 rings (SSSR count). The Labute approximate surface area is 135 Å². The third-order valence-corrected chi connectivity index (χ3v) is 4.92. The second-order valence-electron chi connectivity index (χ2n) is 4.90. The van der Waals surface area contributed by atoms with Crippen LogP contribution in [0.4, 0.5) is 11.5 Å². The van der Waals surface area contributed by atoms with Gasteiger partial charge in [0.1, 0.15) is 17.3 Å². The van der Waals surface area contributed by atoms with Gasteiger partial charge in [0, 0.05) is 15.7 Å². The number of hydrogen-bond donors (Lipinski definition) is 1. The molecule has 0 bridgehead atoms. The van der Waals surface area contributed by atoms with E-state index in [1.807, 2.05) is 6.92 Å². The normalized spacial score (nSPS) is 11.1. The van der Waals surface area contributed by atoms with E-state index in [1.54, 1.807) is 4.52 Å². The Morgan fingerprint density at radius 2 is 1.86 bits per heavy atom. The zero-order valence-corrected chi connectivity index (χ0v) is 14.1. The fourth-order valence-corrected chi connectivity index (χ4v) is 2.59. The third kappa shape index (κ3) is 2.49. The number of aryl methyl sites for hydroxylation is 2. The molecule has 2 aromatic heterocycles. The summed E-state index contributed by atoms with van der Waals surface area (Å²) in [5.74, 6) is 1.24. The van der Waals surface area contributed by atoms with Crippen LogP contribution in [0.2, 0.25) is 5.15 Å². The van der Waals surface area contributed by atoms with Crippen LogP contribution >= 0.6 is 27.5 Å². The Balaban J connectivity index is 2.14. The molecular weight excluding hydrogens is 354 g/mol. The molecule has 7 heteroatoms. The maximum atomic E-state index is 6.16. The van der Waals surface area contributed by atoms with Crippen molar-refractivity contribution in [2.45, 2.75) is 20.8 Å². The summed E-state index contributed by atoms with van der Waals surface area (Å²) in [7, 11) is 0. The van der Waals surface area contributed by atoms with Crippen molar-refractivity contribution >= 4 is 44.8 Å². The van der Waals surface area contributed by atoms with Gasteiger partial charge in [-0.15, -0.1) is 0 Å². The SMILES string of the molecule is Cc1cc(Nc2c(C)c(Cl)nc3ncnn23)cc(C)c1Br. The van der Waals surface area contributed by atoms with E-state index in [9.17, 15) is 0 Å². The number of benzene rings is 1. The van der Waals surface area contributed by atoms with Crippen LogP contribution in [0.25, 0.3) is 5.78 Å². The van der Waals surface area contributed by atoms with Crippen LogP contribution in [0.1, 0.15) is 16.7 Å². The predicted molar refractivity (Wildman–Crippen MR) is 87.4 cm³/mol. The Bertz CT molecular complexity index is 820. The molecule has 0 spiro atoms. The minimum Gasteiger partial charge on any atom is -0.340 e. The number of halogens is 2. The van der Waals surface area contributed by atoms with Crippen LogP contribution < -0.4 is 5.32 Å². The van der Waals surface area contributed by atoms with E-state index in [2.05, 4.69) is 62.3 Å². The molecule has 3 aromatic rings. The van der Waals surface area contributed by atoms with Crippen molar-refractivity contribution in [2.24, 2.45) is 0 Å². The molecule has 0 saturated heterocycles. The molecule has 0 fully saturated rings. The maximum absolute atomic E-state index is 6.16. The topological polar surface area (TPSA) is 55.1 Å².